The first-order valence-corrected chi connectivity index (χ1v) is 7.79. The number of hydrogen-bond acceptors (Lipinski definition) is 6. The fourth-order valence-corrected chi connectivity index (χ4v) is 4.91. The zero-order valence-corrected chi connectivity index (χ0v) is 10.4. The van der Waals surface area contributed by atoms with Crippen LogP contribution in [0.1, 0.15) is 0 Å². The maximum Gasteiger partial charge on any atom is 0.127 e. The summed E-state index contributed by atoms with van der Waals surface area (Å²) in [7, 11) is 0. The third-order valence-electron chi connectivity index (χ3n) is 2.34. The predicted molar refractivity (Wildman–Crippen MR) is 72.1 cm³/mol. The molecular weight excluding hydrogens is 246 g/mol. The van der Waals surface area contributed by atoms with Crippen molar-refractivity contribution in [3.63, 3.8) is 0 Å². The van der Waals surface area contributed by atoms with E-state index in [4.69, 9.17) is 0 Å². The van der Waals surface area contributed by atoms with Crippen molar-refractivity contribution in [1.29, 1.82) is 0 Å². The number of nitrogens with zero attached hydrogens (tertiary/aromatic N) is 2. The Morgan fingerprint density at radius 3 is 3.07 bits per heavy atom. The van der Waals surface area contributed by atoms with Gasteiger partial charge in [-0.2, -0.15) is 0 Å². The average Bonchev–Trinajstić information content (AvgIpc) is 3.02. The van der Waals surface area contributed by atoms with E-state index in [1.807, 2.05) is 41.5 Å². The molecule has 0 bridgehead atoms. The third kappa shape index (κ3) is 2.07. The summed E-state index contributed by atoms with van der Waals surface area (Å²) in [6.07, 6.45) is 6.20. The molecular formula is C9H11N3S3. The number of aliphatic imine (C=N–C) groups is 2. The molecule has 0 aliphatic carbocycles. The van der Waals surface area contributed by atoms with Crippen LogP contribution in [0, 0.1) is 0 Å². The van der Waals surface area contributed by atoms with Crippen molar-refractivity contribution in [3.05, 3.63) is 11.1 Å². The first-order valence-electron chi connectivity index (χ1n) is 4.82. The molecule has 0 aromatic rings. The molecule has 0 saturated heterocycles. The Hall–Kier alpha value is -0.0700. The molecule has 0 saturated carbocycles. The fraction of sp³-hybridized carbons (Fsp3) is 0.556. The summed E-state index contributed by atoms with van der Waals surface area (Å²) in [5, 5.41) is 4.34. The van der Waals surface area contributed by atoms with Crippen LogP contribution in [0.2, 0.25) is 0 Å². The van der Waals surface area contributed by atoms with Crippen molar-refractivity contribution < 1.29 is 0 Å². The molecule has 80 valence electrons. The largest absolute Gasteiger partial charge is 0.381 e. The Labute approximate surface area is 102 Å². The minimum atomic E-state index is 0.320. The second-order valence-corrected chi connectivity index (χ2v) is 6.80. The van der Waals surface area contributed by atoms with Crippen LogP contribution in [0.4, 0.5) is 0 Å². The molecule has 3 heterocycles. The van der Waals surface area contributed by atoms with E-state index >= 15 is 0 Å². The van der Waals surface area contributed by atoms with Crippen LogP contribution in [-0.2, 0) is 0 Å². The molecule has 0 fully saturated rings. The van der Waals surface area contributed by atoms with Crippen LogP contribution >= 0.6 is 35.3 Å². The van der Waals surface area contributed by atoms with Gasteiger partial charge in [0.1, 0.15) is 10.7 Å². The molecule has 6 heteroatoms. The van der Waals surface area contributed by atoms with Gasteiger partial charge >= 0.3 is 0 Å². The Balaban J connectivity index is 1.63. The van der Waals surface area contributed by atoms with Crippen LogP contribution in [0.5, 0.6) is 0 Å². The molecule has 0 aromatic heterocycles. The number of nitrogens with one attached hydrogen (secondary N) is 1. The van der Waals surface area contributed by atoms with Gasteiger partial charge in [0.25, 0.3) is 0 Å². The molecule has 3 rings (SSSR count). The van der Waals surface area contributed by atoms with Crippen LogP contribution in [0.15, 0.2) is 21.1 Å². The number of hydrogen-bond donors (Lipinski definition) is 1. The van der Waals surface area contributed by atoms with Crippen molar-refractivity contribution in [3.8, 4) is 0 Å². The zero-order valence-electron chi connectivity index (χ0n) is 8.00. The van der Waals surface area contributed by atoms with Gasteiger partial charge in [-0.1, -0.05) is 0 Å². The van der Waals surface area contributed by atoms with E-state index in [-0.39, 0.29) is 0 Å². The average molecular weight is 257 g/mol. The van der Waals surface area contributed by atoms with Crippen LogP contribution in [0.25, 0.3) is 0 Å². The Morgan fingerprint density at radius 1 is 1.33 bits per heavy atom. The summed E-state index contributed by atoms with van der Waals surface area (Å²) in [6, 6.07) is 0. The molecule has 3 nitrogen and oxygen atoms in total. The van der Waals surface area contributed by atoms with Gasteiger partial charge in [-0.3, -0.25) is 9.98 Å². The molecule has 0 amide bonds. The minimum Gasteiger partial charge on any atom is -0.381 e. The van der Waals surface area contributed by atoms with Gasteiger partial charge in [-0.25, -0.2) is 0 Å². The first kappa shape index (κ1) is 10.1. The highest BCUT2D eigenvalue weighted by Crippen LogP contribution is 2.40. The highest BCUT2D eigenvalue weighted by molar-refractivity contribution is 8.08. The summed E-state index contributed by atoms with van der Waals surface area (Å²) < 4.78 is 0. The van der Waals surface area contributed by atoms with Crippen molar-refractivity contribution in [2.24, 2.45) is 9.98 Å². The van der Waals surface area contributed by atoms with E-state index in [2.05, 4.69) is 27.7 Å². The monoisotopic (exact) mass is 257 g/mol. The molecule has 3 unspecified atom stereocenters. The maximum absolute atomic E-state index is 4.57. The summed E-state index contributed by atoms with van der Waals surface area (Å²) in [6.45, 7) is 0. The first-order chi connectivity index (χ1) is 7.43. The Morgan fingerprint density at radius 2 is 2.33 bits per heavy atom. The van der Waals surface area contributed by atoms with E-state index in [1.165, 1.54) is 4.91 Å². The lowest BCUT2D eigenvalue weighted by molar-refractivity contribution is 0.881. The lowest BCUT2D eigenvalue weighted by atomic mass is 10.4. The van der Waals surface area contributed by atoms with Gasteiger partial charge in [-0.15, -0.1) is 35.3 Å². The lowest BCUT2D eigenvalue weighted by Crippen LogP contribution is -2.12. The normalized spacial score (nSPS) is 38.4. The Bertz CT molecular complexity index is 339. The summed E-state index contributed by atoms with van der Waals surface area (Å²) in [5.41, 5.74) is 0. The van der Waals surface area contributed by atoms with Gasteiger partial charge in [0.15, 0.2) is 0 Å². The van der Waals surface area contributed by atoms with Gasteiger partial charge in [0.05, 0.1) is 11.1 Å². The number of rotatable bonds is 2. The van der Waals surface area contributed by atoms with Gasteiger partial charge in [-0.05, 0) is 0 Å². The molecule has 0 spiro atoms. The highest BCUT2D eigenvalue weighted by Gasteiger charge is 2.32. The summed E-state index contributed by atoms with van der Waals surface area (Å²) >= 11 is 5.68. The molecule has 0 radical (unpaired) electrons. The van der Waals surface area contributed by atoms with Crippen LogP contribution in [0.3, 0.4) is 0 Å². The standard InChI is InChI=1S/C9H11N3S3/c1-2-13-8(11-1)9-12-4-7(15-9)6-3-10-5-14-6/h1,3-4,7-10H,2,5H2. The fourth-order valence-electron chi connectivity index (χ4n) is 1.63. The molecule has 3 aliphatic rings. The second kappa shape index (κ2) is 4.43. The zero-order chi connectivity index (χ0) is 10.1. The van der Waals surface area contributed by atoms with E-state index in [0.29, 0.717) is 16.0 Å². The smallest absolute Gasteiger partial charge is 0.127 e. The summed E-state index contributed by atoms with van der Waals surface area (Å²) in [4.78, 5) is 10.4. The van der Waals surface area contributed by atoms with Crippen molar-refractivity contribution in [1.82, 2.24) is 5.32 Å². The van der Waals surface area contributed by atoms with Crippen molar-refractivity contribution in [2.75, 3.05) is 11.6 Å². The van der Waals surface area contributed by atoms with E-state index in [0.717, 1.165) is 11.6 Å². The highest BCUT2D eigenvalue weighted by atomic mass is 32.2. The molecule has 3 atom stereocenters. The SMILES string of the molecule is C1=NC(C2N=CC(C3=CNCS3)S2)SC1. The molecule has 3 aliphatic heterocycles. The van der Waals surface area contributed by atoms with E-state index in [9.17, 15) is 0 Å². The van der Waals surface area contributed by atoms with Crippen molar-refractivity contribution >= 4 is 47.7 Å². The van der Waals surface area contributed by atoms with Crippen molar-refractivity contribution in [2.45, 2.75) is 16.0 Å². The third-order valence-corrected chi connectivity index (χ3v) is 6.07. The van der Waals surface area contributed by atoms with Gasteiger partial charge < -0.3 is 5.32 Å². The summed E-state index contributed by atoms with van der Waals surface area (Å²) in [5.74, 6) is 2.04. The predicted octanol–water partition coefficient (Wildman–Crippen LogP) is 1.78. The minimum absolute atomic E-state index is 0.320. The Kier molecular flexibility index (Phi) is 2.98. The van der Waals surface area contributed by atoms with Gasteiger partial charge in [0, 0.05) is 29.3 Å². The van der Waals surface area contributed by atoms with Crippen LogP contribution in [-0.4, -0.2) is 40.1 Å². The molecule has 15 heavy (non-hydrogen) atoms. The second-order valence-electron chi connectivity index (χ2n) is 3.34. The quantitative estimate of drug-likeness (QED) is 0.818. The lowest BCUT2D eigenvalue weighted by Gasteiger charge is -2.13. The maximum atomic E-state index is 4.57. The van der Waals surface area contributed by atoms with E-state index < -0.39 is 0 Å². The molecule has 1 N–H and O–H groups in total. The number of thioether (sulfide) groups is 3. The molecule has 0 aromatic carbocycles. The van der Waals surface area contributed by atoms with Gasteiger partial charge in [0.2, 0.25) is 0 Å². The van der Waals surface area contributed by atoms with E-state index in [1.54, 1.807) is 0 Å². The topological polar surface area (TPSA) is 36.8 Å². The van der Waals surface area contributed by atoms with Crippen LogP contribution < -0.4 is 5.32 Å².